The Kier molecular flexibility index (Phi) is 2.69. The number of pyridine rings is 1. The fourth-order valence-corrected chi connectivity index (χ4v) is 2.75. The molecule has 2 aromatic rings. The standard InChI is InChI=1S/C12H14BrN3/c13-11-4-1-5-12-15-10(8-16(11)12)7-9-3-2-6-14-9/h1,4-5,8-9,14H,2-3,6-7H2. The number of nitrogens with zero attached hydrogens (tertiary/aromatic N) is 2. The van der Waals surface area contributed by atoms with E-state index < -0.39 is 0 Å². The van der Waals surface area contributed by atoms with Crippen LogP contribution in [0.2, 0.25) is 0 Å². The smallest absolute Gasteiger partial charge is 0.137 e. The summed E-state index contributed by atoms with van der Waals surface area (Å²) in [6, 6.07) is 6.70. The number of nitrogens with one attached hydrogen (secondary N) is 1. The van der Waals surface area contributed by atoms with E-state index in [0.717, 1.165) is 23.2 Å². The molecule has 0 saturated carbocycles. The van der Waals surface area contributed by atoms with E-state index in [0.29, 0.717) is 6.04 Å². The average Bonchev–Trinajstić information content (AvgIpc) is 2.88. The average molecular weight is 280 g/mol. The van der Waals surface area contributed by atoms with Crippen LogP contribution in [-0.4, -0.2) is 22.0 Å². The lowest BCUT2D eigenvalue weighted by Crippen LogP contribution is -2.23. The molecule has 0 aromatic carbocycles. The molecule has 3 heterocycles. The van der Waals surface area contributed by atoms with Gasteiger partial charge in [-0.05, 0) is 47.4 Å². The number of aromatic nitrogens is 2. The third kappa shape index (κ3) is 1.87. The van der Waals surface area contributed by atoms with Gasteiger partial charge in [0.05, 0.1) is 10.3 Å². The van der Waals surface area contributed by atoms with Crippen LogP contribution in [0, 0.1) is 0 Å². The van der Waals surface area contributed by atoms with Gasteiger partial charge in [-0.3, -0.25) is 4.40 Å². The van der Waals surface area contributed by atoms with Crippen molar-refractivity contribution in [3.05, 3.63) is 34.7 Å². The van der Waals surface area contributed by atoms with Crippen molar-refractivity contribution >= 4 is 21.6 Å². The minimum atomic E-state index is 0.615. The molecule has 16 heavy (non-hydrogen) atoms. The second kappa shape index (κ2) is 4.18. The van der Waals surface area contributed by atoms with Crippen LogP contribution < -0.4 is 5.32 Å². The van der Waals surface area contributed by atoms with Crippen molar-refractivity contribution in [2.45, 2.75) is 25.3 Å². The lowest BCUT2D eigenvalue weighted by atomic mass is 10.1. The van der Waals surface area contributed by atoms with Crippen LogP contribution in [0.4, 0.5) is 0 Å². The first-order chi connectivity index (χ1) is 7.83. The van der Waals surface area contributed by atoms with Crippen molar-refractivity contribution in [1.82, 2.24) is 14.7 Å². The molecule has 0 bridgehead atoms. The summed E-state index contributed by atoms with van der Waals surface area (Å²) in [6.45, 7) is 1.15. The molecule has 0 radical (unpaired) electrons. The molecule has 84 valence electrons. The Bertz CT molecular complexity index is 500. The topological polar surface area (TPSA) is 29.3 Å². The van der Waals surface area contributed by atoms with Crippen LogP contribution in [0.1, 0.15) is 18.5 Å². The Morgan fingerprint density at radius 3 is 3.19 bits per heavy atom. The lowest BCUT2D eigenvalue weighted by Gasteiger charge is -2.06. The molecule has 1 unspecified atom stereocenters. The Hall–Kier alpha value is -0.870. The first kappa shape index (κ1) is 10.3. The molecule has 1 atom stereocenters. The maximum absolute atomic E-state index is 4.63. The van der Waals surface area contributed by atoms with Gasteiger partial charge in [0.2, 0.25) is 0 Å². The zero-order valence-corrected chi connectivity index (χ0v) is 10.6. The second-order valence-electron chi connectivity index (χ2n) is 4.31. The lowest BCUT2D eigenvalue weighted by molar-refractivity contribution is 0.597. The second-order valence-corrected chi connectivity index (χ2v) is 5.12. The highest BCUT2D eigenvalue weighted by Gasteiger charge is 2.16. The maximum atomic E-state index is 4.63. The molecule has 0 spiro atoms. The zero-order chi connectivity index (χ0) is 11.0. The van der Waals surface area contributed by atoms with Crippen LogP contribution in [0.15, 0.2) is 29.0 Å². The molecule has 1 N–H and O–H groups in total. The first-order valence-electron chi connectivity index (χ1n) is 5.69. The molecule has 1 fully saturated rings. The Labute approximate surface area is 103 Å². The van der Waals surface area contributed by atoms with E-state index >= 15 is 0 Å². The fourth-order valence-electron chi connectivity index (χ4n) is 2.31. The van der Waals surface area contributed by atoms with Crippen molar-refractivity contribution in [3.8, 4) is 0 Å². The van der Waals surface area contributed by atoms with Crippen LogP contribution in [0.5, 0.6) is 0 Å². The van der Waals surface area contributed by atoms with Crippen LogP contribution in [0.25, 0.3) is 5.65 Å². The van der Waals surface area contributed by atoms with E-state index in [2.05, 4.69) is 36.8 Å². The summed E-state index contributed by atoms with van der Waals surface area (Å²) in [5, 5.41) is 3.50. The first-order valence-corrected chi connectivity index (χ1v) is 6.48. The predicted octanol–water partition coefficient (Wildman–Crippen LogP) is 2.39. The normalized spacial score (nSPS) is 20.7. The summed E-state index contributed by atoms with van der Waals surface area (Å²) in [7, 11) is 0. The number of halogens is 1. The minimum Gasteiger partial charge on any atom is -0.314 e. The number of imidazole rings is 1. The summed E-state index contributed by atoms with van der Waals surface area (Å²) in [6.07, 6.45) is 5.73. The highest BCUT2D eigenvalue weighted by molar-refractivity contribution is 9.10. The van der Waals surface area contributed by atoms with E-state index in [-0.39, 0.29) is 0 Å². The molecule has 1 saturated heterocycles. The molecule has 1 aliphatic heterocycles. The van der Waals surface area contributed by atoms with E-state index in [9.17, 15) is 0 Å². The van der Waals surface area contributed by atoms with E-state index in [1.54, 1.807) is 0 Å². The molecular weight excluding hydrogens is 266 g/mol. The van der Waals surface area contributed by atoms with Crippen molar-refractivity contribution in [3.63, 3.8) is 0 Å². The number of fused-ring (bicyclic) bond motifs is 1. The molecule has 4 heteroatoms. The highest BCUT2D eigenvalue weighted by Crippen LogP contribution is 2.16. The highest BCUT2D eigenvalue weighted by atomic mass is 79.9. The molecular formula is C12H14BrN3. The van der Waals surface area contributed by atoms with Gasteiger partial charge in [0.15, 0.2) is 0 Å². The van der Waals surface area contributed by atoms with Gasteiger partial charge in [-0.25, -0.2) is 4.98 Å². The van der Waals surface area contributed by atoms with E-state index in [4.69, 9.17) is 0 Å². The predicted molar refractivity (Wildman–Crippen MR) is 67.6 cm³/mol. The van der Waals surface area contributed by atoms with E-state index in [1.807, 2.05) is 18.2 Å². The third-order valence-electron chi connectivity index (χ3n) is 3.11. The third-order valence-corrected chi connectivity index (χ3v) is 3.76. The van der Waals surface area contributed by atoms with Gasteiger partial charge < -0.3 is 5.32 Å². The van der Waals surface area contributed by atoms with Gasteiger partial charge in [-0.1, -0.05) is 6.07 Å². The van der Waals surface area contributed by atoms with Crippen molar-refractivity contribution < 1.29 is 0 Å². The molecule has 3 nitrogen and oxygen atoms in total. The molecule has 1 aliphatic rings. The van der Waals surface area contributed by atoms with Crippen molar-refractivity contribution in [1.29, 1.82) is 0 Å². The van der Waals surface area contributed by atoms with Crippen molar-refractivity contribution in [2.75, 3.05) is 6.54 Å². The monoisotopic (exact) mass is 279 g/mol. The van der Waals surface area contributed by atoms with Gasteiger partial charge >= 0.3 is 0 Å². The van der Waals surface area contributed by atoms with E-state index in [1.165, 1.54) is 18.5 Å². The van der Waals surface area contributed by atoms with Gasteiger partial charge in [-0.15, -0.1) is 0 Å². The van der Waals surface area contributed by atoms with Gasteiger partial charge in [0.25, 0.3) is 0 Å². The Morgan fingerprint density at radius 2 is 2.44 bits per heavy atom. The summed E-state index contributed by atoms with van der Waals surface area (Å²) in [5.41, 5.74) is 2.19. The van der Waals surface area contributed by atoms with Gasteiger partial charge in [-0.2, -0.15) is 0 Å². The molecule has 0 amide bonds. The Balaban J connectivity index is 1.90. The zero-order valence-electron chi connectivity index (χ0n) is 8.99. The molecule has 3 rings (SSSR count). The number of rotatable bonds is 2. The maximum Gasteiger partial charge on any atom is 0.137 e. The quantitative estimate of drug-likeness (QED) is 0.856. The minimum absolute atomic E-state index is 0.615. The fraction of sp³-hybridized carbons (Fsp3) is 0.417. The van der Waals surface area contributed by atoms with Crippen LogP contribution in [0.3, 0.4) is 0 Å². The summed E-state index contributed by atoms with van der Waals surface area (Å²) >= 11 is 3.53. The summed E-state index contributed by atoms with van der Waals surface area (Å²) in [4.78, 5) is 4.63. The molecule has 0 aliphatic carbocycles. The van der Waals surface area contributed by atoms with Gasteiger partial charge in [0.1, 0.15) is 5.65 Å². The number of hydrogen-bond donors (Lipinski definition) is 1. The van der Waals surface area contributed by atoms with Crippen molar-refractivity contribution in [2.24, 2.45) is 0 Å². The van der Waals surface area contributed by atoms with Gasteiger partial charge in [0, 0.05) is 18.7 Å². The van der Waals surface area contributed by atoms with Crippen LogP contribution >= 0.6 is 15.9 Å². The summed E-state index contributed by atoms with van der Waals surface area (Å²) < 4.78 is 3.15. The SMILES string of the molecule is Brc1cccc2nc(CC3CCCN3)cn12. The summed E-state index contributed by atoms with van der Waals surface area (Å²) in [5.74, 6) is 0. The Morgan fingerprint density at radius 1 is 1.50 bits per heavy atom. The molecule has 2 aromatic heterocycles. The number of hydrogen-bond acceptors (Lipinski definition) is 2. The van der Waals surface area contributed by atoms with Crippen LogP contribution in [-0.2, 0) is 6.42 Å². The largest absolute Gasteiger partial charge is 0.314 e.